The molecule has 0 saturated carbocycles. The minimum absolute atomic E-state index is 0. The molecule has 0 aliphatic heterocycles. The molecular formula is C10H16CaO4. The zero-order valence-corrected chi connectivity index (χ0v) is 11.4. The molecule has 0 saturated heterocycles. The number of carboxylic acids is 2. The number of hydrogen-bond acceptors (Lipinski definition) is 4. The summed E-state index contributed by atoms with van der Waals surface area (Å²) in [6, 6.07) is 0. The van der Waals surface area contributed by atoms with E-state index in [0.717, 1.165) is 25.7 Å². The molecule has 0 N–H and O–H groups in total. The maximum absolute atomic E-state index is 10.3. The number of rotatable bonds is 8. The summed E-state index contributed by atoms with van der Waals surface area (Å²) in [5.41, 5.74) is 0. The van der Waals surface area contributed by atoms with Gasteiger partial charge in [-0.3, -0.25) is 0 Å². The van der Waals surface area contributed by atoms with Crippen molar-refractivity contribution >= 4 is 49.7 Å². The van der Waals surface area contributed by atoms with Crippen molar-refractivity contribution in [2.24, 2.45) is 5.92 Å². The van der Waals surface area contributed by atoms with E-state index in [9.17, 15) is 19.8 Å². The van der Waals surface area contributed by atoms with Crippen molar-refractivity contribution in [3.05, 3.63) is 0 Å². The molecule has 0 bridgehead atoms. The Morgan fingerprint density at radius 3 is 1.87 bits per heavy atom. The third-order valence-electron chi connectivity index (χ3n) is 2.17. The Bertz CT molecular complexity index is 180. The van der Waals surface area contributed by atoms with Crippen LogP contribution in [0.25, 0.3) is 0 Å². The first kappa shape index (κ1) is 17.6. The van der Waals surface area contributed by atoms with E-state index >= 15 is 0 Å². The predicted octanol–water partition coefficient (Wildman–Crippen LogP) is -0.918. The molecule has 0 atom stereocenters. The monoisotopic (exact) mass is 240 g/mol. The van der Waals surface area contributed by atoms with E-state index in [1.165, 1.54) is 0 Å². The fraction of sp³-hybridized carbons (Fsp3) is 0.800. The van der Waals surface area contributed by atoms with Gasteiger partial charge < -0.3 is 19.8 Å². The molecule has 0 aliphatic rings. The van der Waals surface area contributed by atoms with Crippen molar-refractivity contribution < 1.29 is 19.8 Å². The van der Waals surface area contributed by atoms with Crippen LogP contribution in [0.1, 0.15) is 45.4 Å². The Hall–Kier alpha value is 0.200. The molecule has 4 nitrogen and oxygen atoms in total. The minimum atomic E-state index is -1.54. The van der Waals surface area contributed by atoms with Crippen LogP contribution in [0.4, 0.5) is 0 Å². The van der Waals surface area contributed by atoms with E-state index in [1.54, 1.807) is 0 Å². The van der Waals surface area contributed by atoms with Gasteiger partial charge in [0.15, 0.2) is 0 Å². The summed E-state index contributed by atoms with van der Waals surface area (Å²) in [5.74, 6) is -4.53. The van der Waals surface area contributed by atoms with E-state index in [0.29, 0.717) is 6.42 Å². The number of carboxylic acid groups (broad SMARTS) is 2. The molecule has 0 unspecified atom stereocenters. The van der Waals surface area contributed by atoms with Crippen LogP contribution in [0.3, 0.4) is 0 Å². The van der Waals surface area contributed by atoms with E-state index in [4.69, 9.17) is 0 Å². The summed E-state index contributed by atoms with van der Waals surface area (Å²) < 4.78 is 0. The van der Waals surface area contributed by atoms with Crippen molar-refractivity contribution in [3.8, 4) is 0 Å². The Balaban J connectivity index is 0. The zero-order chi connectivity index (χ0) is 11.0. The Labute approximate surface area is 120 Å². The van der Waals surface area contributed by atoms with Gasteiger partial charge in [-0.15, -0.1) is 0 Å². The van der Waals surface area contributed by atoms with Gasteiger partial charge in [0.2, 0.25) is 0 Å². The van der Waals surface area contributed by atoms with Gasteiger partial charge >= 0.3 is 37.7 Å². The standard InChI is InChI=1S/C10H18O4.Ca/c1-2-3-4-5-6-7-8(9(11)12)10(13)14;/h8H,2-7H2,1H3,(H,11,12)(H,13,14);/q;+2/p-2. The van der Waals surface area contributed by atoms with Crippen LogP contribution in [-0.2, 0) is 9.59 Å². The summed E-state index contributed by atoms with van der Waals surface area (Å²) in [7, 11) is 0. The van der Waals surface area contributed by atoms with Crippen molar-refractivity contribution in [2.45, 2.75) is 45.4 Å². The second-order valence-electron chi connectivity index (χ2n) is 3.39. The molecule has 82 valence electrons. The molecule has 0 rings (SSSR count). The maximum atomic E-state index is 10.3. The van der Waals surface area contributed by atoms with Gasteiger partial charge in [0.05, 0.1) is 11.9 Å². The van der Waals surface area contributed by atoms with Crippen molar-refractivity contribution in [1.82, 2.24) is 0 Å². The fourth-order valence-corrected chi connectivity index (χ4v) is 1.28. The zero-order valence-electron chi connectivity index (χ0n) is 9.16. The van der Waals surface area contributed by atoms with E-state index in [-0.39, 0.29) is 44.2 Å². The maximum Gasteiger partial charge on any atom is 2.00 e. The SMILES string of the molecule is CCCCCCCC(C(=O)[O-])C(=O)[O-].[Ca+2]. The number of carbonyl (C=O) groups excluding carboxylic acids is 2. The van der Waals surface area contributed by atoms with E-state index < -0.39 is 17.9 Å². The first-order valence-electron chi connectivity index (χ1n) is 5.01. The Kier molecular flexibility index (Phi) is 12.6. The second-order valence-corrected chi connectivity index (χ2v) is 3.39. The molecule has 0 heterocycles. The molecule has 0 spiro atoms. The molecule has 0 aromatic carbocycles. The largest absolute Gasteiger partial charge is 2.00 e. The summed E-state index contributed by atoms with van der Waals surface area (Å²) in [5, 5.41) is 20.7. The normalized spacial score (nSPS) is 9.73. The van der Waals surface area contributed by atoms with Crippen LogP contribution < -0.4 is 10.2 Å². The van der Waals surface area contributed by atoms with E-state index in [1.807, 2.05) is 0 Å². The topological polar surface area (TPSA) is 80.3 Å². The van der Waals surface area contributed by atoms with Gasteiger partial charge in [-0.25, -0.2) is 0 Å². The van der Waals surface area contributed by atoms with Gasteiger partial charge in [-0.2, -0.15) is 0 Å². The fourth-order valence-electron chi connectivity index (χ4n) is 1.28. The second kappa shape index (κ2) is 10.7. The Morgan fingerprint density at radius 2 is 1.47 bits per heavy atom. The van der Waals surface area contributed by atoms with Gasteiger partial charge in [0.25, 0.3) is 0 Å². The molecule has 0 amide bonds. The summed E-state index contributed by atoms with van der Waals surface area (Å²) in [4.78, 5) is 20.7. The summed E-state index contributed by atoms with van der Waals surface area (Å²) in [6.45, 7) is 2.07. The smallest absolute Gasteiger partial charge is 0.549 e. The predicted molar refractivity (Wildman–Crippen MR) is 52.6 cm³/mol. The van der Waals surface area contributed by atoms with Gasteiger partial charge in [0, 0.05) is 5.92 Å². The third kappa shape index (κ3) is 9.15. The van der Waals surface area contributed by atoms with Crippen LogP contribution in [0.15, 0.2) is 0 Å². The molecular weight excluding hydrogens is 224 g/mol. The molecule has 0 aromatic rings. The first-order valence-corrected chi connectivity index (χ1v) is 5.01. The van der Waals surface area contributed by atoms with Crippen molar-refractivity contribution in [1.29, 1.82) is 0 Å². The quantitative estimate of drug-likeness (QED) is 0.312. The van der Waals surface area contributed by atoms with E-state index in [2.05, 4.69) is 6.92 Å². The third-order valence-corrected chi connectivity index (χ3v) is 2.17. The van der Waals surface area contributed by atoms with Gasteiger partial charge in [-0.05, 0) is 6.42 Å². The number of carbonyl (C=O) groups is 2. The van der Waals surface area contributed by atoms with Crippen LogP contribution in [0.5, 0.6) is 0 Å². The molecule has 0 aliphatic carbocycles. The van der Waals surface area contributed by atoms with Crippen molar-refractivity contribution in [3.63, 3.8) is 0 Å². The van der Waals surface area contributed by atoms with Crippen LogP contribution in [0.2, 0.25) is 0 Å². The Morgan fingerprint density at radius 1 is 1.00 bits per heavy atom. The van der Waals surface area contributed by atoms with Gasteiger partial charge in [-0.1, -0.05) is 39.0 Å². The number of aliphatic carboxylic acids is 2. The van der Waals surface area contributed by atoms with Crippen LogP contribution in [-0.4, -0.2) is 49.7 Å². The molecule has 0 aromatic heterocycles. The molecule has 5 heteroatoms. The number of hydrogen-bond donors (Lipinski definition) is 0. The van der Waals surface area contributed by atoms with Crippen LogP contribution in [0, 0.1) is 5.92 Å². The average molecular weight is 240 g/mol. The van der Waals surface area contributed by atoms with Gasteiger partial charge in [0.1, 0.15) is 0 Å². The first-order chi connectivity index (χ1) is 6.59. The summed E-state index contributed by atoms with van der Waals surface area (Å²) in [6.07, 6.45) is 4.81. The average Bonchev–Trinajstić information content (AvgIpc) is 2.09. The molecule has 0 fully saturated rings. The molecule has 0 radical (unpaired) electrons. The molecule has 15 heavy (non-hydrogen) atoms. The van der Waals surface area contributed by atoms with Crippen LogP contribution >= 0.6 is 0 Å². The number of unbranched alkanes of at least 4 members (excludes halogenated alkanes) is 4. The summed E-state index contributed by atoms with van der Waals surface area (Å²) >= 11 is 0. The van der Waals surface area contributed by atoms with Crippen molar-refractivity contribution in [2.75, 3.05) is 0 Å². The minimum Gasteiger partial charge on any atom is -0.549 e.